The van der Waals surface area contributed by atoms with Crippen molar-refractivity contribution in [1.29, 1.82) is 0 Å². The molecule has 0 atom stereocenters. The third-order valence-corrected chi connectivity index (χ3v) is 4.27. The van der Waals surface area contributed by atoms with E-state index in [0.717, 1.165) is 25.4 Å². The van der Waals surface area contributed by atoms with Crippen molar-refractivity contribution in [3.05, 3.63) is 55.7 Å². The highest BCUT2D eigenvalue weighted by Gasteiger charge is 2.11. The molecule has 3 heteroatoms. The van der Waals surface area contributed by atoms with Gasteiger partial charge < -0.3 is 0 Å². The van der Waals surface area contributed by atoms with Gasteiger partial charge in [0.25, 0.3) is 0 Å². The molecule has 0 bridgehead atoms. The van der Waals surface area contributed by atoms with E-state index >= 15 is 0 Å². The Morgan fingerprint density at radius 2 is 1.94 bits per heavy atom. The molecular weight excluding hydrogens is 284 g/mol. The summed E-state index contributed by atoms with van der Waals surface area (Å²) in [4.78, 5) is 14.1. The third kappa shape index (κ3) is 2.25. The normalized spacial score (nSPS) is 10.4. The van der Waals surface area contributed by atoms with E-state index in [0.29, 0.717) is 0 Å². The summed E-state index contributed by atoms with van der Waals surface area (Å²) in [7, 11) is 0. The predicted octanol–water partition coefficient (Wildman–Crippen LogP) is 4.36. The molecule has 16 heavy (non-hydrogen) atoms. The summed E-state index contributed by atoms with van der Waals surface area (Å²) in [5, 5.41) is 0. The highest BCUT2D eigenvalue weighted by atomic mass is 79.9. The number of rotatable bonds is 2. The molecule has 0 fully saturated rings. The van der Waals surface area contributed by atoms with Crippen molar-refractivity contribution in [2.24, 2.45) is 0 Å². The first-order valence-corrected chi connectivity index (χ1v) is 6.56. The molecule has 1 aromatic heterocycles. The predicted molar refractivity (Wildman–Crippen MR) is 71.4 cm³/mol. The maximum Gasteiger partial charge on any atom is 0.202 e. The number of aryl methyl sites for hydroxylation is 2. The van der Waals surface area contributed by atoms with Crippen LogP contribution in [-0.2, 0) is 0 Å². The van der Waals surface area contributed by atoms with Crippen LogP contribution in [0.1, 0.15) is 25.7 Å². The molecule has 2 aromatic rings. The van der Waals surface area contributed by atoms with Gasteiger partial charge in [-0.3, -0.25) is 4.79 Å². The molecule has 0 saturated carbocycles. The molecule has 1 aromatic carbocycles. The van der Waals surface area contributed by atoms with Crippen LogP contribution in [0.15, 0.2) is 34.8 Å². The maximum absolute atomic E-state index is 12.1. The molecule has 0 amide bonds. The van der Waals surface area contributed by atoms with Crippen LogP contribution < -0.4 is 0 Å². The number of carbonyl (C=O) groups is 1. The summed E-state index contributed by atoms with van der Waals surface area (Å²) in [5.41, 5.74) is 1.83. The average molecular weight is 295 g/mol. The molecule has 0 unspecified atom stereocenters. The first kappa shape index (κ1) is 11.6. The zero-order valence-corrected chi connectivity index (χ0v) is 11.5. The van der Waals surface area contributed by atoms with E-state index in [1.54, 1.807) is 0 Å². The van der Waals surface area contributed by atoms with Crippen molar-refractivity contribution in [2.45, 2.75) is 13.8 Å². The number of benzene rings is 1. The number of halogens is 1. The topological polar surface area (TPSA) is 17.1 Å². The van der Waals surface area contributed by atoms with Gasteiger partial charge in [-0.05, 0) is 49.7 Å². The molecular formula is C13H11BrOS. The SMILES string of the molecule is Cc1ccc(C(=O)c2ccc(Br)c(C)c2)s1. The van der Waals surface area contributed by atoms with Crippen LogP contribution in [0.25, 0.3) is 0 Å². The monoisotopic (exact) mass is 294 g/mol. The van der Waals surface area contributed by atoms with E-state index < -0.39 is 0 Å². The van der Waals surface area contributed by atoms with Gasteiger partial charge in [-0.25, -0.2) is 0 Å². The van der Waals surface area contributed by atoms with Gasteiger partial charge in [-0.2, -0.15) is 0 Å². The molecule has 0 aliphatic carbocycles. The van der Waals surface area contributed by atoms with Crippen LogP contribution in [0, 0.1) is 13.8 Å². The van der Waals surface area contributed by atoms with Gasteiger partial charge in [-0.1, -0.05) is 15.9 Å². The van der Waals surface area contributed by atoms with Crippen LogP contribution in [0.3, 0.4) is 0 Å². The summed E-state index contributed by atoms with van der Waals surface area (Å²) >= 11 is 4.97. The Bertz CT molecular complexity index is 543. The van der Waals surface area contributed by atoms with Crippen molar-refractivity contribution in [3.63, 3.8) is 0 Å². The second-order valence-electron chi connectivity index (χ2n) is 3.70. The van der Waals surface area contributed by atoms with E-state index in [2.05, 4.69) is 15.9 Å². The Morgan fingerprint density at radius 3 is 2.50 bits per heavy atom. The Labute approximate surface area is 107 Å². The molecule has 0 radical (unpaired) electrons. The van der Waals surface area contributed by atoms with Crippen molar-refractivity contribution < 1.29 is 4.79 Å². The van der Waals surface area contributed by atoms with Crippen LogP contribution in [-0.4, -0.2) is 5.78 Å². The molecule has 0 N–H and O–H groups in total. The zero-order chi connectivity index (χ0) is 11.7. The molecule has 1 nitrogen and oxygen atoms in total. The summed E-state index contributed by atoms with van der Waals surface area (Å²) in [5.74, 6) is 0.105. The number of hydrogen-bond acceptors (Lipinski definition) is 2. The zero-order valence-electron chi connectivity index (χ0n) is 9.08. The molecule has 2 rings (SSSR count). The van der Waals surface area contributed by atoms with Crippen LogP contribution >= 0.6 is 27.3 Å². The van der Waals surface area contributed by atoms with E-state index in [4.69, 9.17) is 0 Å². The Morgan fingerprint density at radius 1 is 1.19 bits per heavy atom. The average Bonchev–Trinajstić information content (AvgIpc) is 2.68. The summed E-state index contributed by atoms with van der Waals surface area (Å²) < 4.78 is 1.03. The lowest BCUT2D eigenvalue weighted by Gasteiger charge is -2.01. The summed E-state index contributed by atoms with van der Waals surface area (Å²) in [6.07, 6.45) is 0. The lowest BCUT2D eigenvalue weighted by atomic mass is 10.1. The molecule has 0 aliphatic heterocycles. The van der Waals surface area contributed by atoms with Crippen molar-refractivity contribution in [3.8, 4) is 0 Å². The highest BCUT2D eigenvalue weighted by molar-refractivity contribution is 9.10. The molecule has 82 valence electrons. The van der Waals surface area contributed by atoms with Gasteiger partial charge >= 0.3 is 0 Å². The minimum Gasteiger partial charge on any atom is -0.288 e. The number of thiophene rings is 1. The molecule has 0 aliphatic rings. The summed E-state index contributed by atoms with van der Waals surface area (Å²) in [6, 6.07) is 9.56. The molecule has 0 spiro atoms. The van der Waals surface area contributed by atoms with Crippen molar-refractivity contribution >= 4 is 33.0 Å². The fraction of sp³-hybridized carbons (Fsp3) is 0.154. The number of ketones is 1. The van der Waals surface area contributed by atoms with Crippen molar-refractivity contribution in [1.82, 2.24) is 0 Å². The fourth-order valence-corrected chi connectivity index (χ4v) is 2.56. The fourth-order valence-electron chi connectivity index (χ4n) is 1.48. The van der Waals surface area contributed by atoms with Gasteiger partial charge in [0, 0.05) is 14.9 Å². The lowest BCUT2D eigenvalue weighted by Crippen LogP contribution is -1.98. The van der Waals surface area contributed by atoms with Gasteiger partial charge in [0.15, 0.2) is 0 Å². The minimum absolute atomic E-state index is 0.105. The first-order chi connectivity index (χ1) is 7.58. The second kappa shape index (κ2) is 4.52. The van der Waals surface area contributed by atoms with Crippen molar-refractivity contribution in [2.75, 3.05) is 0 Å². The smallest absolute Gasteiger partial charge is 0.202 e. The Balaban J connectivity index is 2.38. The Hall–Kier alpha value is -0.930. The van der Waals surface area contributed by atoms with E-state index in [9.17, 15) is 4.79 Å². The van der Waals surface area contributed by atoms with Gasteiger partial charge in [0.1, 0.15) is 0 Å². The number of hydrogen-bond donors (Lipinski definition) is 0. The lowest BCUT2D eigenvalue weighted by molar-refractivity contribution is 0.104. The Kier molecular flexibility index (Phi) is 3.26. The maximum atomic E-state index is 12.1. The molecule has 0 saturated heterocycles. The van der Waals surface area contributed by atoms with Gasteiger partial charge in [-0.15, -0.1) is 11.3 Å². The van der Waals surface area contributed by atoms with Crippen LogP contribution in [0.4, 0.5) is 0 Å². The number of carbonyl (C=O) groups excluding carboxylic acids is 1. The van der Waals surface area contributed by atoms with Gasteiger partial charge in [0.2, 0.25) is 5.78 Å². The third-order valence-electron chi connectivity index (χ3n) is 2.38. The quantitative estimate of drug-likeness (QED) is 0.752. The first-order valence-electron chi connectivity index (χ1n) is 4.95. The second-order valence-corrected chi connectivity index (χ2v) is 5.85. The van der Waals surface area contributed by atoms with E-state index in [1.165, 1.54) is 11.3 Å². The van der Waals surface area contributed by atoms with Crippen LogP contribution in [0.2, 0.25) is 0 Å². The standard InChI is InChI=1S/C13H11BrOS/c1-8-7-10(4-5-11(8)14)13(15)12-6-3-9(2)16-12/h3-7H,1-2H3. The minimum atomic E-state index is 0.105. The molecule has 1 heterocycles. The largest absolute Gasteiger partial charge is 0.288 e. The van der Waals surface area contributed by atoms with Gasteiger partial charge in [0.05, 0.1) is 4.88 Å². The summed E-state index contributed by atoms with van der Waals surface area (Å²) in [6.45, 7) is 3.99. The highest BCUT2D eigenvalue weighted by Crippen LogP contribution is 2.22. The van der Waals surface area contributed by atoms with E-state index in [-0.39, 0.29) is 5.78 Å². The van der Waals surface area contributed by atoms with Crippen LogP contribution in [0.5, 0.6) is 0 Å². The van der Waals surface area contributed by atoms with E-state index in [1.807, 2.05) is 44.2 Å².